The van der Waals surface area contributed by atoms with Gasteiger partial charge in [-0.1, -0.05) is 46.6 Å². The van der Waals surface area contributed by atoms with Crippen molar-refractivity contribution in [1.29, 1.82) is 0 Å². The maximum absolute atomic E-state index is 10.6. The van der Waals surface area contributed by atoms with Crippen molar-refractivity contribution in [2.75, 3.05) is 6.26 Å². The van der Waals surface area contributed by atoms with E-state index in [9.17, 15) is 8.42 Å². The third-order valence-electron chi connectivity index (χ3n) is 1.54. The van der Waals surface area contributed by atoms with Crippen molar-refractivity contribution in [2.24, 2.45) is 5.16 Å². The van der Waals surface area contributed by atoms with Crippen LogP contribution >= 0.6 is 11.6 Å². The Balaban J connectivity index is 2.85. The Hall–Kier alpha value is -1.07. The molecule has 0 N–H and O–H groups in total. The second kappa shape index (κ2) is 4.63. The highest BCUT2D eigenvalue weighted by molar-refractivity contribution is 7.85. The molecule has 0 aliphatic carbocycles. The third kappa shape index (κ3) is 4.31. The summed E-state index contributed by atoms with van der Waals surface area (Å²) >= 11 is 5.73. The zero-order chi connectivity index (χ0) is 11.5. The van der Waals surface area contributed by atoms with Crippen LogP contribution in [0.15, 0.2) is 29.4 Å². The van der Waals surface area contributed by atoms with Gasteiger partial charge < -0.3 is 0 Å². The lowest BCUT2D eigenvalue weighted by molar-refractivity contribution is 0.344. The van der Waals surface area contributed by atoms with Gasteiger partial charge in [-0.25, -0.2) is 0 Å². The molecule has 0 aromatic heterocycles. The number of nitrogens with zero attached hydrogens (tertiary/aromatic N) is 1. The molecule has 1 aromatic rings. The maximum atomic E-state index is 10.6. The second-order valence-corrected chi connectivity index (χ2v) is 4.94. The topological polar surface area (TPSA) is 55.7 Å². The molecule has 0 fully saturated rings. The molecule has 1 rings (SSSR count). The van der Waals surface area contributed by atoms with Crippen LogP contribution < -0.4 is 0 Å². The predicted molar refractivity (Wildman–Crippen MR) is 59.5 cm³/mol. The summed E-state index contributed by atoms with van der Waals surface area (Å²) in [5.74, 6) is 0. The maximum Gasteiger partial charge on any atom is 0.325 e. The summed E-state index contributed by atoms with van der Waals surface area (Å²) in [7, 11) is -3.61. The summed E-state index contributed by atoms with van der Waals surface area (Å²) in [5.41, 5.74) is 1.68. The Morgan fingerprint density at radius 3 is 2.33 bits per heavy atom. The lowest BCUT2D eigenvalue weighted by Gasteiger charge is -1.98. The first-order valence-corrected chi connectivity index (χ1v) is 6.27. The zero-order valence-corrected chi connectivity index (χ0v) is 9.84. The van der Waals surface area contributed by atoms with Gasteiger partial charge in [0.1, 0.15) is 0 Å². The predicted octanol–water partition coefficient (Wildman–Crippen LogP) is 1.87. The Morgan fingerprint density at radius 2 is 1.87 bits per heavy atom. The van der Waals surface area contributed by atoms with Crippen LogP contribution in [-0.2, 0) is 14.4 Å². The minimum Gasteiger partial charge on any atom is -0.267 e. The summed E-state index contributed by atoms with van der Waals surface area (Å²) < 4.78 is 25.5. The first kappa shape index (κ1) is 12.0. The highest BCUT2D eigenvalue weighted by Crippen LogP contribution is 2.08. The Kier molecular flexibility index (Phi) is 3.71. The van der Waals surface area contributed by atoms with Crippen molar-refractivity contribution in [3.05, 3.63) is 35.4 Å². The lowest BCUT2D eigenvalue weighted by atomic mass is 10.2. The minimum absolute atomic E-state index is 0.000394. The Labute approximate surface area is 93.6 Å². The Bertz CT molecular complexity index is 465. The second-order valence-electron chi connectivity index (χ2n) is 3.03. The first-order chi connectivity index (χ1) is 6.88. The van der Waals surface area contributed by atoms with Crippen LogP contribution in [0.5, 0.6) is 0 Å². The number of benzene rings is 1. The summed E-state index contributed by atoms with van der Waals surface area (Å²) in [6.45, 7) is 1.93. The SMILES string of the molecule is Cc1ccc(C(Cl)=NOS(C)(=O)=O)cc1. The molecule has 82 valence electrons. The van der Waals surface area contributed by atoms with Crippen molar-refractivity contribution in [1.82, 2.24) is 0 Å². The molecule has 0 heterocycles. The summed E-state index contributed by atoms with van der Waals surface area (Å²) in [6, 6.07) is 7.14. The molecule has 0 unspecified atom stereocenters. The molecule has 15 heavy (non-hydrogen) atoms. The first-order valence-electron chi connectivity index (χ1n) is 4.07. The van der Waals surface area contributed by atoms with Gasteiger partial charge in [0.25, 0.3) is 0 Å². The molecule has 6 heteroatoms. The fraction of sp³-hybridized carbons (Fsp3) is 0.222. The number of rotatable bonds is 3. The molecule has 0 radical (unpaired) electrons. The standard InChI is InChI=1S/C9H10ClNO3S/c1-7-3-5-8(6-4-7)9(10)11-14-15(2,12)13/h3-6H,1-2H3. The van der Waals surface area contributed by atoms with Gasteiger partial charge in [-0.05, 0) is 6.92 Å². The van der Waals surface area contributed by atoms with Gasteiger partial charge in [-0.3, -0.25) is 4.28 Å². The fourth-order valence-electron chi connectivity index (χ4n) is 0.844. The smallest absolute Gasteiger partial charge is 0.267 e. The van der Waals surface area contributed by atoms with E-state index in [4.69, 9.17) is 11.6 Å². The van der Waals surface area contributed by atoms with Gasteiger partial charge in [0.05, 0.1) is 6.26 Å². The van der Waals surface area contributed by atoms with E-state index in [0.717, 1.165) is 11.8 Å². The van der Waals surface area contributed by atoms with E-state index in [1.807, 2.05) is 19.1 Å². The molecule has 1 aromatic carbocycles. The number of halogens is 1. The van der Waals surface area contributed by atoms with Gasteiger partial charge >= 0.3 is 10.1 Å². The number of oxime groups is 1. The van der Waals surface area contributed by atoms with E-state index in [-0.39, 0.29) is 5.17 Å². The van der Waals surface area contributed by atoms with Crippen LogP contribution in [-0.4, -0.2) is 19.8 Å². The van der Waals surface area contributed by atoms with Crippen molar-refractivity contribution in [3.8, 4) is 0 Å². The average molecular weight is 248 g/mol. The monoisotopic (exact) mass is 247 g/mol. The normalized spacial score (nSPS) is 12.6. The van der Waals surface area contributed by atoms with Crippen LogP contribution in [0.2, 0.25) is 0 Å². The van der Waals surface area contributed by atoms with Crippen molar-refractivity contribution in [3.63, 3.8) is 0 Å². The summed E-state index contributed by atoms with van der Waals surface area (Å²) in [6.07, 6.45) is 0.899. The molecule has 0 spiro atoms. The largest absolute Gasteiger partial charge is 0.325 e. The molecule has 0 aliphatic heterocycles. The molecular weight excluding hydrogens is 238 g/mol. The number of aryl methyl sites for hydroxylation is 1. The molecular formula is C9H10ClNO3S. The van der Waals surface area contributed by atoms with Gasteiger partial charge in [0, 0.05) is 5.56 Å². The van der Waals surface area contributed by atoms with E-state index in [1.165, 1.54) is 0 Å². The molecule has 0 atom stereocenters. The van der Waals surface area contributed by atoms with Crippen molar-refractivity contribution < 1.29 is 12.7 Å². The van der Waals surface area contributed by atoms with E-state index in [2.05, 4.69) is 9.44 Å². The van der Waals surface area contributed by atoms with Crippen LogP contribution in [0.4, 0.5) is 0 Å². The van der Waals surface area contributed by atoms with E-state index in [1.54, 1.807) is 12.1 Å². The molecule has 0 aliphatic rings. The molecule has 0 saturated carbocycles. The summed E-state index contributed by atoms with van der Waals surface area (Å²) in [4.78, 5) is 0. The van der Waals surface area contributed by atoms with Crippen LogP contribution in [0.3, 0.4) is 0 Å². The lowest BCUT2D eigenvalue weighted by Crippen LogP contribution is -2.00. The summed E-state index contributed by atoms with van der Waals surface area (Å²) in [5, 5.41) is 3.29. The van der Waals surface area contributed by atoms with Gasteiger partial charge in [0.15, 0.2) is 5.17 Å². The molecule has 4 nitrogen and oxygen atoms in total. The van der Waals surface area contributed by atoms with Crippen molar-refractivity contribution >= 4 is 26.9 Å². The van der Waals surface area contributed by atoms with Crippen LogP contribution in [0.25, 0.3) is 0 Å². The molecule has 0 saturated heterocycles. The van der Waals surface area contributed by atoms with E-state index in [0.29, 0.717) is 5.56 Å². The van der Waals surface area contributed by atoms with Crippen molar-refractivity contribution in [2.45, 2.75) is 6.92 Å². The van der Waals surface area contributed by atoms with E-state index < -0.39 is 10.1 Å². The molecule has 0 bridgehead atoms. The van der Waals surface area contributed by atoms with Gasteiger partial charge in [0.2, 0.25) is 0 Å². The van der Waals surface area contributed by atoms with E-state index >= 15 is 0 Å². The van der Waals surface area contributed by atoms with Gasteiger partial charge in [-0.2, -0.15) is 8.42 Å². The van der Waals surface area contributed by atoms with Crippen LogP contribution in [0, 0.1) is 6.92 Å². The average Bonchev–Trinajstić information content (AvgIpc) is 2.14. The quantitative estimate of drug-likeness (QED) is 0.605. The highest BCUT2D eigenvalue weighted by atomic mass is 35.5. The Morgan fingerprint density at radius 1 is 1.33 bits per heavy atom. The van der Waals surface area contributed by atoms with Gasteiger partial charge in [-0.15, -0.1) is 0 Å². The minimum atomic E-state index is -3.61. The van der Waals surface area contributed by atoms with Crippen LogP contribution in [0.1, 0.15) is 11.1 Å². The number of hydrogen-bond acceptors (Lipinski definition) is 4. The fourth-order valence-corrected chi connectivity index (χ4v) is 1.26. The highest BCUT2D eigenvalue weighted by Gasteiger charge is 2.03. The molecule has 0 amide bonds. The third-order valence-corrected chi connectivity index (χ3v) is 2.18. The number of hydrogen-bond donors (Lipinski definition) is 0. The zero-order valence-electron chi connectivity index (χ0n) is 8.27.